The highest BCUT2D eigenvalue weighted by Gasteiger charge is 2.20. The predicted molar refractivity (Wildman–Crippen MR) is 108 cm³/mol. The van der Waals surface area contributed by atoms with Crippen LogP contribution in [0.1, 0.15) is 24.2 Å². The van der Waals surface area contributed by atoms with Gasteiger partial charge in [-0.1, -0.05) is 11.6 Å². The summed E-state index contributed by atoms with van der Waals surface area (Å²) in [5.41, 5.74) is 4.60. The second-order valence-electron chi connectivity index (χ2n) is 6.56. The van der Waals surface area contributed by atoms with Crippen LogP contribution in [0.5, 0.6) is 5.75 Å². The molecule has 0 aliphatic carbocycles. The number of nitrogens with one attached hydrogen (secondary N) is 2. The van der Waals surface area contributed by atoms with Crippen molar-refractivity contribution in [3.8, 4) is 16.9 Å². The molecule has 0 saturated carbocycles. The highest BCUT2D eigenvalue weighted by molar-refractivity contribution is 6.31. The number of rotatable bonds is 3. The molecule has 0 amide bonds. The second-order valence-corrected chi connectivity index (χ2v) is 7.00. The van der Waals surface area contributed by atoms with Gasteiger partial charge in [0.1, 0.15) is 23.2 Å². The maximum atomic E-state index is 6.40. The molecule has 4 rings (SSSR count). The topological polar surface area (TPSA) is 62.8 Å². The Hall–Kier alpha value is -1.82. The van der Waals surface area contributed by atoms with E-state index in [9.17, 15) is 0 Å². The molecule has 1 aliphatic heterocycles. The van der Waals surface area contributed by atoms with E-state index in [0.29, 0.717) is 5.02 Å². The number of hydrogen-bond acceptors (Lipinski definition) is 4. The summed E-state index contributed by atoms with van der Waals surface area (Å²) in [5.74, 6) is 1.72. The first-order valence-electron chi connectivity index (χ1n) is 8.61. The first kappa shape index (κ1) is 19.0. The largest absolute Gasteiger partial charge is 0.488 e. The van der Waals surface area contributed by atoms with Crippen molar-refractivity contribution in [2.45, 2.75) is 32.8 Å². The van der Waals surface area contributed by atoms with Crippen LogP contribution in [-0.2, 0) is 0 Å². The number of pyridine rings is 1. The second kappa shape index (κ2) is 7.82. The Bertz CT molecular complexity index is 919. The predicted octanol–water partition coefficient (Wildman–Crippen LogP) is 4.45. The van der Waals surface area contributed by atoms with Crippen LogP contribution in [0.4, 0.5) is 0 Å². The molecule has 138 valence electrons. The van der Waals surface area contributed by atoms with Crippen molar-refractivity contribution in [3.63, 3.8) is 0 Å². The summed E-state index contributed by atoms with van der Waals surface area (Å²) in [5, 5.41) is 4.09. The highest BCUT2D eigenvalue weighted by Crippen LogP contribution is 2.39. The number of aromatic nitrogens is 3. The third-order valence-electron chi connectivity index (χ3n) is 4.57. The lowest BCUT2D eigenvalue weighted by molar-refractivity contribution is 0.167. The van der Waals surface area contributed by atoms with Crippen LogP contribution < -0.4 is 10.1 Å². The first-order chi connectivity index (χ1) is 12.1. The Morgan fingerprint density at radius 1 is 1.23 bits per heavy atom. The van der Waals surface area contributed by atoms with E-state index in [-0.39, 0.29) is 18.5 Å². The Morgan fingerprint density at radius 3 is 2.85 bits per heavy atom. The number of imidazole rings is 1. The standard InChI is InChI=1S/C19H21ClN4O.ClH/c1-11-8-13(20)9-16(18(11)25-14-4-3-6-21-10-14)15-5-7-22-19-17(15)23-12(2)24-19;/h5,7-9,14,21H,3-4,6,10H2,1-2H3,(H,22,23,24);1H. The zero-order valence-corrected chi connectivity index (χ0v) is 16.4. The summed E-state index contributed by atoms with van der Waals surface area (Å²) in [4.78, 5) is 12.2. The summed E-state index contributed by atoms with van der Waals surface area (Å²) >= 11 is 6.36. The molecule has 26 heavy (non-hydrogen) atoms. The number of aryl methyl sites for hydroxylation is 2. The number of halogens is 2. The summed E-state index contributed by atoms with van der Waals surface area (Å²) < 4.78 is 6.40. The van der Waals surface area contributed by atoms with Crippen LogP contribution in [0.3, 0.4) is 0 Å². The van der Waals surface area contributed by atoms with E-state index in [4.69, 9.17) is 16.3 Å². The fourth-order valence-electron chi connectivity index (χ4n) is 3.42. The monoisotopic (exact) mass is 392 g/mol. The number of nitrogens with zero attached hydrogens (tertiary/aromatic N) is 2. The van der Waals surface area contributed by atoms with E-state index in [1.54, 1.807) is 6.20 Å². The summed E-state index contributed by atoms with van der Waals surface area (Å²) in [6.07, 6.45) is 4.15. The van der Waals surface area contributed by atoms with Gasteiger partial charge in [0.2, 0.25) is 0 Å². The first-order valence-corrected chi connectivity index (χ1v) is 8.99. The van der Waals surface area contributed by atoms with Crippen molar-refractivity contribution in [2.75, 3.05) is 13.1 Å². The van der Waals surface area contributed by atoms with E-state index in [0.717, 1.165) is 65.4 Å². The lowest BCUT2D eigenvalue weighted by Crippen LogP contribution is -2.37. The van der Waals surface area contributed by atoms with Gasteiger partial charge in [-0.3, -0.25) is 0 Å². The minimum Gasteiger partial charge on any atom is -0.488 e. The number of ether oxygens (including phenoxy) is 1. The van der Waals surface area contributed by atoms with Crippen molar-refractivity contribution in [2.24, 2.45) is 0 Å². The van der Waals surface area contributed by atoms with Crippen molar-refractivity contribution < 1.29 is 4.74 Å². The average Bonchev–Trinajstić information content (AvgIpc) is 2.98. The molecule has 1 saturated heterocycles. The molecular weight excluding hydrogens is 371 g/mol. The zero-order valence-electron chi connectivity index (χ0n) is 14.8. The number of benzene rings is 1. The molecule has 1 aromatic carbocycles. The van der Waals surface area contributed by atoms with Crippen LogP contribution in [0.15, 0.2) is 24.4 Å². The van der Waals surface area contributed by atoms with Gasteiger partial charge in [0.05, 0.1) is 0 Å². The number of hydrogen-bond donors (Lipinski definition) is 2. The molecule has 0 radical (unpaired) electrons. The third-order valence-corrected chi connectivity index (χ3v) is 4.79. The third kappa shape index (κ3) is 3.65. The molecule has 1 aliphatic rings. The molecule has 1 fully saturated rings. The van der Waals surface area contributed by atoms with Gasteiger partial charge in [0.25, 0.3) is 0 Å². The van der Waals surface area contributed by atoms with Gasteiger partial charge < -0.3 is 15.0 Å². The van der Waals surface area contributed by atoms with Crippen molar-refractivity contribution in [1.82, 2.24) is 20.3 Å². The van der Waals surface area contributed by atoms with Gasteiger partial charge in [0, 0.05) is 28.9 Å². The Kier molecular flexibility index (Phi) is 5.70. The molecule has 1 atom stereocenters. The number of H-pyrrole nitrogens is 1. The molecule has 2 aromatic heterocycles. The maximum Gasteiger partial charge on any atom is 0.157 e. The molecule has 5 nitrogen and oxygen atoms in total. The smallest absolute Gasteiger partial charge is 0.157 e. The molecule has 2 N–H and O–H groups in total. The molecule has 0 bridgehead atoms. The van der Waals surface area contributed by atoms with Gasteiger partial charge in [-0.2, -0.15) is 0 Å². The van der Waals surface area contributed by atoms with Gasteiger partial charge >= 0.3 is 0 Å². The lowest BCUT2D eigenvalue weighted by atomic mass is 10.0. The Labute approximate surface area is 163 Å². The van der Waals surface area contributed by atoms with Gasteiger partial charge in [-0.25, -0.2) is 9.97 Å². The number of piperidine rings is 1. The molecule has 1 unspecified atom stereocenters. The maximum absolute atomic E-state index is 6.40. The fourth-order valence-corrected chi connectivity index (χ4v) is 3.69. The molecule has 3 aromatic rings. The molecule has 0 spiro atoms. The van der Waals surface area contributed by atoms with Crippen molar-refractivity contribution >= 4 is 35.2 Å². The Balaban J connectivity index is 0.00000196. The van der Waals surface area contributed by atoms with Crippen LogP contribution >= 0.6 is 24.0 Å². The summed E-state index contributed by atoms with van der Waals surface area (Å²) in [7, 11) is 0. The lowest BCUT2D eigenvalue weighted by Gasteiger charge is -2.26. The molecule has 3 heterocycles. The molecule has 7 heteroatoms. The van der Waals surface area contributed by atoms with Gasteiger partial charge in [0.15, 0.2) is 5.65 Å². The van der Waals surface area contributed by atoms with Crippen LogP contribution in [-0.4, -0.2) is 34.1 Å². The van der Waals surface area contributed by atoms with E-state index in [2.05, 4.69) is 20.3 Å². The van der Waals surface area contributed by atoms with Gasteiger partial charge in [-0.05, 0) is 57.0 Å². The fraction of sp³-hybridized carbons (Fsp3) is 0.368. The van der Waals surface area contributed by atoms with Crippen LogP contribution in [0.25, 0.3) is 22.3 Å². The minimum absolute atomic E-state index is 0. The van der Waals surface area contributed by atoms with Crippen LogP contribution in [0, 0.1) is 13.8 Å². The van der Waals surface area contributed by atoms with E-state index >= 15 is 0 Å². The number of aromatic amines is 1. The SMILES string of the molecule is Cc1nc2c(-c3cc(Cl)cc(C)c3OC3CCCNC3)ccnc2[nH]1.Cl. The minimum atomic E-state index is 0. The highest BCUT2D eigenvalue weighted by atomic mass is 35.5. The Morgan fingerprint density at radius 2 is 2.08 bits per heavy atom. The van der Waals surface area contributed by atoms with E-state index in [1.807, 2.05) is 32.0 Å². The van der Waals surface area contributed by atoms with E-state index in [1.165, 1.54) is 0 Å². The summed E-state index contributed by atoms with van der Waals surface area (Å²) in [6.45, 7) is 5.90. The van der Waals surface area contributed by atoms with Crippen molar-refractivity contribution in [3.05, 3.63) is 40.8 Å². The average molecular weight is 393 g/mol. The summed E-state index contributed by atoms with van der Waals surface area (Å²) in [6, 6.07) is 5.88. The quantitative estimate of drug-likeness (QED) is 0.690. The molecular formula is C19H22Cl2N4O. The zero-order chi connectivity index (χ0) is 17.4. The normalized spacial score (nSPS) is 17.1. The van der Waals surface area contributed by atoms with E-state index < -0.39 is 0 Å². The van der Waals surface area contributed by atoms with Gasteiger partial charge in [-0.15, -0.1) is 12.4 Å². The van der Waals surface area contributed by atoms with Crippen LogP contribution in [0.2, 0.25) is 5.02 Å². The number of fused-ring (bicyclic) bond motifs is 1. The van der Waals surface area contributed by atoms with Crippen molar-refractivity contribution in [1.29, 1.82) is 0 Å².